The first-order chi connectivity index (χ1) is 33.9. The summed E-state index contributed by atoms with van der Waals surface area (Å²) in [6, 6.07) is 82.6. The van der Waals surface area contributed by atoms with Gasteiger partial charge in [0.15, 0.2) is 0 Å². The number of para-hydroxylation sites is 5. The van der Waals surface area contributed by atoms with Crippen LogP contribution >= 0.6 is 0 Å². The maximum atomic E-state index is 6.81. The number of hydrogen-bond acceptors (Lipinski definition) is 3. The summed E-state index contributed by atoms with van der Waals surface area (Å²) in [6.45, 7) is 6.89. The van der Waals surface area contributed by atoms with E-state index in [-0.39, 0.29) is 12.1 Å². The molecule has 12 aromatic rings. The second kappa shape index (κ2) is 15.0. The molecule has 2 aromatic heterocycles. The van der Waals surface area contributed by atoms with Gasteiger partial charge in [0.05, 0.1) is 22.4 Å². The average Bonchev–Trinajstić information content (AvgIpc) is 3.95. The predicted octanol–water partition coefficient (Wildman–Crippen LogP) is 15.4. The fourth-order valence-corrected chi connectivity index (χ4v) is 11.6. The van der Waals surface area contributed by atoms with Crippen LogP contribution in [-0.4, -0.2) is 11.3 Å². The van der Waals surface area contributed by atoms with Crippen molar-refractivity contribution in [3.05, 3.63) is 230 Å². The van der Waals surface area contributed by atoms with Gasteiger partial charge in [-0.3, -0.25) is 0 Å². The lowest BCUT2D eigenvalue weighted by atomic mass is 9.33. The van der Waals surface area contributed by atoms with Crippen molar-refractivity contribution < 1.29 is 4.42 Å². The molecule has 0 saturated heterocycles. The van der Waals surface area contributed by atoms with Gasteiger partial charge in [-0.15, -0.1) is 0 Å². The molecule has 0 fully saturated rings. The van der Waals surface area contributed by atoms with Gasteiger partial charge in [0.25, 0.3) is 6.71 Å². The minimum absolute atomic E-state index is 0.147. The van der Waals surface area contributed by atoms with Crippen LogP contribution in [0.4, 0.5) is 34.1 Å². The van der Waals surface area contributed by atoms with Gasteiger partial charge in [0.2, 0.25) is 0 Å². The third kappa shape index (κ3) is 5.90. The molecule has 2 aliphatic rings. The first kappa shape index (κ1) is 39.6. The highest BCUT2D eigenvalue weighted by Gasteiger charge is 2.46. The van der Waals surface area contributed by atoms with Gasteiger partial charge in [-0.05, 0) is 105 Å². The molecular weight excluding hydrogens is 838 g/mol. The highest BCUT2D eigenvalue weighted by atomic mass is 16.3. The summed E-state index contributed by atoms with van der Waals surface area (Å²) in [6.07, 6.45) is 0. The standard InChI is InChI=1S/C64H46BN3O/c1-64(2,3)43-38-57-62-58(39-43)68(52-30-16-11-25-46(52)42-22-8-5-9-23-42)56-40-44(66-53-31-17-12-26-47(53)48-27-13-18-32-54(48)66)34-35-50(56)65(62)63-55(36-37-60-61(63)49-28-14-19-33-59(49)69-60)67(57)51-29-15-10-24-45(51)41-20-6-4-7-21-41/h4-40H,1-3H3. The molecule has 4 nitrogen and oxygen atoms in total. The Morgan fingerprint density at radius 2 is 0.913 bits per heavy atom. The molecule has 0 bridgehead atoms. The largest absolute Gasteiger partial charge is 0.456 e. The number of furan rings is 1. The molecule has 326 valence electrons. The monoisotopic (exact) mass is 883 g/mol. The van der Waals surface area contributed by atoms with E-state index in [9.17, 15) is 0 Å². The zero-order valence-corrected chi connectivity index (χ0v) is 38.7. The molecule has 4 heterocycles. The number of hydrogen-bond donors (Lipinski definition) is 0. The number of nitrogens with zero attached hydrogens (tertiary/aromatic N) is 3. The van der Waals surface area contributed by atoms with Gasteiger partial charge in [-0.1, -0.05) is 178 Å². The Hall–Kier alpha value is -8.54. The van der Waals surface area contributed by atoms with Crippen LogP contribution in [0.2, 0.25) is 0 Å². The first-order valence-corrected chi connectivity index (χ1v) is 24.0. The quantitative estimate of drug-likeness (QED) is 0.161. The molecule has 14 rings (SSSR count). The Bertz CT molecular complexity index is 3980. The van der Waals surface area contributed by atoms with Crippen molar-refractivity contribution in [1.29, 1.82) is 0 Å². The fourth-order valence-electron chi connectivity index (χ4n) is 11.6. The molecule has 0 unspecified atom stereocenters. The van der Waals surface area contributed by atoms with E-state index in [1.807, 2.05) is 0 Å². The summed E-state index contributed by atoms with van der Waals surface area (Å²) in [7, 11) is 0. The minimum atomic E-state index is -0.188. The summed E-state index contributed by atoms with van der Waals surface area (Å²) in [4.78, 5) is 5.17. The molecule has 69 heavy (non-hydrogen) atoms. The van der Waals surface area contributed by atoms with Crippen molar-refractivity contribution in [2.24, 2.45) is 0 Å². The highest BCUT2D eigenvalue weighted by molar-refractivity contribution is 7.02. The van der Waals surface area contributed by atoms with Crippen LogP contribution in [0.25, 0.3) is 71.7 Å². The molecule has 0 atom stereocenters. The Labute approximate surface area is 402 Å². The Morgan fingerprint density at radius 1 is 0.391 bits per heavy atom. The molecule has 5 heteroatoms. The summed E-state index contributed by atoms with van der Waals surface area (Å²) in [5.41, 5.74) is 21.7. The number of rotatable bonds is 5. The fraction of sp³-hybridized carbons (Fsp3) is 0.0625. The van der Waals surface area contributed by atoms with Crippen molar-refractivity contribution in [3.8, 4) is 27.9 Å². The van der Waals surface area contributed by atoms with Gasteiger partial charge in [0, 0.05) is 61.1 Å². The predicted molar refractivity (Wildman–Crippen MR) is 292 cm³/mol. The van der Waals surface area contributed by atoms with E-state index in [2.05, 4.69) is 260 Å². The number of benzene rings is 10. The normalized spacial score (nSPS) is 13.1. The van der Waals surface area contributed by atoms with Gasteiger partial charge in [-0.2, -0.15) is 0 Å². The molecule has 0 radical (unpaired) electrons. The summed E-state index contributed by atoms with van der Waals surface area (Å²) in [5, 5.41) is 4.76. The van der Waals surface area contributed by atoms with Crippen LogP contribution in [-0.2, 0) is 5.41 Å². The number of fused-ring (bicyclic) bond motifs is 11. The van der Waals surface area contributed by atoms with E-state index in [0.717, 1.165) is 50.4 Å². The molecule has 0 spiro atoms. The molecule has 2 aliphatic heterocycles. The lowest BCUT2D eigenvalue weighted by Gasteiger charge is -2.46. The van der Waals surface area contributed by atoms with Gasteiger partial charge in [0.1, 0.15) is 11.2 Å². The van der Waals surface area contributed by atoms with E-state index in [0.29, 0.717) is 0 Å². The Morgan fingerprint density at radius 3 is 1.52 bits per heavy atom. The zero-order chi connectivity index (χ0) is 46.0. The Kier molecular flexibility index (Phi) is 8.60. The minimum Gasteiger partial charge on any atom is -0.456 e. The van der Waals surface area contributed by atoms with Crippen molar-refractivity contribution in [2.45, 2.75) is 26.2 Å². The van der Waals surface area contributed by atoms with Crippen molar-refractivity contribution in [1.82, 2.24) is 4.57 Å². The molecular formula is C64H46BN3O. The van der Waals surface area contributed by atoms with E-state index in [4.69, 9.17) is 4.42 Å². The van der Waals surface area contributed by atoms with Crippen LogP contribution in [0, 0.1) is 0 Å². The second-order valence-corrected chi connectivity index (χ2v) is 19.6. The van der Waals surface area contributed by atoms with Crippen molar-refractivity contribution in [2.75, 3.05) is 9.80 Å². The topological polar surface area (TPSA) is 24.6 Å². The van der Waals surface area contributed by atoms with Gasteiger partial charge < -0.3 is 18.8 Å². The van der Waals surface area contributed by atoms with Crippen LogP contribution in [0.5, 0.6) is 0 Å². The van der Waals surface area contributed by atoms with E-state index in [1.54, 1.807) is 0 Å². The first-order valence-electron chi connectivity index (χ1n) is 24.0. The highest BCUT2D eigenvalue weighted by Crippen LogP contribution is 2.51. The third-order valence-corrected chi connectivity index (χ3v) is 14.7. The van der Waals surface area contributed by atoms with Crippen LogP contribution < -0.4 is 26.2 Å². The SMILES string of the molecule is CC(C)(C)c1cc2c3c(c1)N(c1ccccc1-c1ccccc1)c1ccc4oc5ccccc5c4c1B3c1ccc(-n3c4ccccc4c4ccccc43)cc1N2c1ccccc1-c1ccccc1. The third-order valence-electron chi connectivity index (χ3n) is 14.7. The lowest BCUT2D eigenvalue weighted by molar-refractivity contribution is 0.590. The smallest absolute Gasteiger partial charge is 0.253 e. The molecule has 0 saturated carbocycles. The molecule has 0 amide bonds. The molecule has 10 aromatic carbocycles. The van der Waals surface area contributed by atoms with Crippen LogP contribution in [0.3, 0.4) is 0 Å². The zero-order valence-electron chi connectivity index (χ0n) is 38.7. The van der Waals surface area contributed by atoms with E-state index >= 15 is 0 Å². The molecule has 0 N–H and O–H groups in total. The van der Waals surface area contributed by atoms with Crippen LogP contribution in [0.15, 0.2) is 229 Å². The number of anilines is 6. The summed E-state index contributed by atoms with van der Waals surface area (Å²) < 4.78 is 9.26. The maximum Gasteiger partial charge on any atom is 0.253 e. The van der Waals surface area contributed by atoms with E-state index in [1.165, 1.54) is 77.4 Å². The molecule has 0 aliphatic carbocycles. The Balaban J connectivity index is 1.15. The van der Waals surface area contributed by atoms with Gasteiger partial charge in [-0.25, -0.2) is 0 Å². The average molecular weight is 884 g/mol. The summed E-state index contributed by atoms with van der Waals surface area (Å²) in [5.74, 6) is 0. The van der Waals surface area contributed by atoms with Crippen LogP contribution in [0.1, 0.15) is 26.3 Å². The summed E-state index contributed by atoms with van der Waals surface area (Å²) >= 11 is 0. The van der Waals surface area contributed by atoms with Crippen molar-refractivity contribution >= 4 is 101 Å². The number of aromatic nitrogens is 1. The maximum absolute atomic E-state index is 6.81. The van der Waals surface area contributed by atoms with Gasteiger partial charge >= 0.3 is 0 Å². The van der Waals surface area contributed by atoms with E-state index < -0.39 is 0 Å². The van der Waals surface area contributed by atoms with Crippen molar-refractivity contribution in [3.63, 3.8) is 0 Å². The lowest BCUT2D eigenvalue weighted by Crippen LogP contribution is -2.61. The second-order valence-electron chi connectivity index (χ2n) is 19.6.